The molecule has 4 rings (SSSR count). The number of rotatable bonds is 5. The van der Waals surface area contributed by atoms with Crippen molar-refractivity contribution >= 4 is 28.6 Å². The number of para-hydroxylation sites is 1. The molecular weight excluding hydrogens is 392 g/mol. The Labute approximate surface area is 181 Å². The van der Waals surface area contributed by atoms with Crippen LogP contribution in [-0.2, 0) is 9.53 Å². The van der Waals surface area contributed by atoms with Gasteiger partial charge in [0.25, 0.3) is 5.91 Å². The maximum atomic E-state index is 12.7. The van der Waals surface area contributed by atoms with Gasteiger partial charge in [-0.2, -0.15) is 5.26 Å². The van der Waals surface area contributed by atoms with Gasteiger partial charge < -0.3 is 19.6 Å². The van der Waals surface area contributed by atoms with Crippen LogP contribution < -0.4 is 5.32 Å². The normalized spacial score (nSPS) is 14.4. The highest BCUT2D eigenvalue weighted by Gasteiger charge is 2.26. The number of fused-ring (bicyclic) bond motifs is 1. The van der Waals surface area contributed by atoms with Gasteiger partial charge in [0.05, 0.1) is 11.1 Å². The van der Waals surface area contributed by atoms with Gasteiger partial charge in [-0.3, -0.25) is 4.79 Å². The molecule has 1 aliphatic carbocycles. The summed E-state index contributed by atoms with van der Waals surface area (Å²) in [5.74, 6) is -0.514. The number of hydrogen-bond acceptors (Lipinski definition) is 4. The van der Waals surface area contributed by atoms with Crippen LogP contribution in [0.5, 0.6) is 0 Å². The number of aromatic nitrogens is 2. The van der Waals surface area contributed by atoms with Crippen molar-refractivity contribution in [1.82, 2.24) is 9.55 Å². The maximum Gasteiger partial charge on any atom is 0.340 e. The molecular formula is C24H26N4O3. The molecule has 1 aromatic carbocycles. The smallest absolute Gasteiger partial charge is 0.340 e. The lowest BCUT2D eigenvalue weighted by Crippen LogP contribution is -2.24. The molecule has 2 aromatic heterocycles. The molecule has 3 aromatic rings. The minimum atomic E-state index is -0.567. The first-order valence-corrected chi connectivity index (χ1v) is 10.7. The lowest BCUT2D eigenvalue weighted by Gasteiger charge is -2.27. The quantitative estimate of drug-likeness (QED) is 0.584. The number of nitriles is 1. The molecule has 0 unspecified atom stereocenters. The van der Waals surface area contributed by atoms with Crippen LogP contribution in [-0.4, -0.2) is 28.0 Å². The fourth-order valence-electron chi connectivity index (χ4n) is 4.50. The number of anilines is 1. The highest BCUT2D eigenvalue weighted by Crippen LogP contribution is 2.36. The number of nitrogens with one attached hydrogen (secondary N) is 2. The Hall–Kier alpha value is -3.53. The van der Waals surface area contributed by atoms with Gasteiger partial charge in [0.2, 0.25) is 0 Å². The number of carbonyl (C=O) groups excluding carboxylic acids is 2. The van der Waals surface area contributed by atoms with Crippen molar-refractivity contribution in [2.24, 2.45) is 0 Å². The summed E-state index contributed by atoms with van der Waals surface area (Å²) >= 11 is 0. The number of benzene rings is 1. The van der Waals surface area contributed by atoms with Crippen molar-refractivity contribution in [2.45, 2.75) is 52.0 Å². The summed E-state index contributed by atoms with van der Waals surface area (Å²) in [5, 5.41) is 13.3. The zero-order valence-corrected chi connectivity index (χ0v) is 17.8. The van der Waals surface area contributed by atoms with Crippen LogP contribution in [0, 0.1) is 25.2 Å². The van der Waals surface area contributed by atoms with Gasteiger partial charge in [0.15, 0.2) is 6.61 Å². The Bertz CT molecular complexity index is 1180. The van der Waals surface area contributed by atoms with Gasteiger partial charge in [-0.05, 0) is 38.3 Å². The van der Waals surface area contributed by atoms with Crippen LogP contribution in [0.4, 0.5) is 5.82 Å². The Kier molecular flexibility index (Phi) is 5.81. The van der Waals surface area contributed by atoms with Crippen LogP contribution in [0.2, 0.25) is 0 Å². The Morgan fingerprint density at radius 2 is 1.97 bits per heavy atom. The summed E-state index contributed by atoms with van der Waals surface area (Å²) in [6.45, 7) is 3.47. The fourth-order valence-corrected chi connectivity index (χ4v) is 4.50. The minimum Gasteiger partial charge on any atom is -0.452 e. The Morgan fingerprint density at radius 3 is 2.71 bits per heavy atom. The zero-order valence-electron chi connectivity index (χ0n) is 17.8. The molecule has 0 atom stereocenters. The van der Waals surface area contributed by atoms with E-state index in [1.165, 1.54) is 6.42 Å². The van der Waals surface area contributed by atoms with Gasteiger partial charge in [-0.1, -0.05) is 37.5 Å². The molecule has 160 valence electrons. The summed E-state index contributed by atoms with van der Waals surface area (Å²) in [5.41, 5.74) is 3.56. The van der Waals surface area contributed by atoms with Crippen molar-refractivity contribution in [1.29, 1.82) is 5.26 Å². The number of nitrogens with zero attached hydrogens (tertiary/aromatic N) is 2. The van der Waals surface area contributed by atoms with Crippen LogP contribution >= 0.6 is 0 Å². The van der Waals surface area contributed by atoms with E-state index in [2.05, 4.69) is 20.9 Å². The van der Waals surface area contributed by atoms with Gasteiger partial charge in [0, 0.05) is 28.8 Å². The highest BCUT2D eigenvalue weighted by molar-refractivity contribution is 6.05. The number of ether oxygens (including phenoxy) is 1. The second-order valence-electron chi connectivity index (χ2n) is 8.08. The standard InChI is InChI=1S/C24H26N4O3/c1-15-16(2)28(17-8-4-3-5-9-17)23(19(15)12-25)27-22(29)14-31-24(30)20-13-26-21-11-7-6-10-18(20)21/h6-7,10-11,13,17,26H,3-5,8-9,14H2,1-2H3,(H,27,29). The van der Waals surface area contributed by atoms with Crippen LogP contribution in [0.1, 0.15) is 65.3 Å². The number of esters is 1. The second kappa shape index (κ2) is 8.68. The minimum absolute atomic E-state index is 0.263. The van der Waals surface area contributed by atoms with Crippen LogP contribution in [0.3, 0.4) is 0 Å². The molecule has 1 fully saturated rings. The van der Waals surface area contributed by atoms with E-state index in [0.29, 0.717) is 16.9 Å². The molecule has 31 heavy (non-hydrogen) atoms. The molecule has 0 spiro atoms. The summed E-state index contributed by atoms with van der Waals surface area (Å²) in [6, 6.07) is 9.90. The first-order valence-electron chi connectivity index (χ1n) is 10.7. The molecule has 1 aliphatic rings. The van der Waals surface area contributed by atoms with Crippen molar-refractivity contribution in [3.63, 3.8) is 0 Å². The van der Waals surface area contributed by atoms with E-state index in [4.69, 9.17) is 4.74 Å². The van der Waals surface area contributed by atoms with Gasteiger partial charge in [0.1, 0.15) is 11.9 Å². The third kappa shape index (κ3) is 3.93. The predicted octanol–water partition coefficient (Wildman–Crippen LogP) is 4.76. The summed E-state index contributed by atoms with van der Waals surface area (Å²) in [7, 11) is 0. The number of amides is 1. The lowest BCUT2D eigenvalue weighted by atomic mass is 9.95. The van der Waals surface area contributed by atoms with Crippen LogP contribution in [0.15, 0.2) is 30.5 Å². The molecule has 0 saturated heterocycles. The van der Waals surface area contributed by atoms with E-state index in [-0.39, 0.29) is 6.04 Å². The van der Waals surface area contributed by atoms with Crippen molar-refractivity contribution in [3.8, 4) is 6.07 Å². The lowest BCUT2D eigenvalue weighted by molar-refractivity contribution is -0.119. The summed E-state index contributed by atoms with van der Waals surface area (Å²) < 4.78 is 7.35. The first-order chi connectivity index (χ1) is 15.0. The number of hydrogen-bond donors (Lipinski definition) is 2. The summed E-state index contributed by atoms with van der Waals surface area (Å²) in [4.78, 5) is 28.2. The number of carbonyl (C=O) groups is 2. The third-order valence-electron chi connectivity index (χ3n) is 6.21. The van der Waals surface area contributed by atoms with Gasteiger partial charge in [-0.25, -0.2) is 4.79 Å². The summed E-state index contributed by atoms with van der Waals surface area (Å²) in [6.07, 6.45) is 7.13. The molecule has 1 amide bonds. The third-order valence-corrected chi connectivity index (χ3v) is 6.21. The molecule has 0 radical (unpaired) electrons. The Morgan fingerprint density at radius 1 is 1.23 bits per heavy atom. The maximum absolute atomic E-state index is 12.7. The SMILES string of the molecule is Cc1c(C#N)c(NC(=O)COC(=O)c2c[nH]c3ccccc23)n(C2CCCCC2)c1C. The van der Waals surface area contributed by atoms with E-state index in [1.807, 2.05) is 38.1 Å². The monoisotopic (exact) mass is 418 g/mol. The predicted molar refractivity (Wildman–Crippen MR) is 118 cm³/mol. The average molecular weight is 418 g/mol. The van der Waals surface area contributed by atoms with E-state index in [1.54, 1.807) is 6.20 Å². The van der Waals surface area contributed by atoms with Crippen molar-refractivity contribution in [3.05, 3.63) is 52.8 Å². The van der Waals surface area contributed by atoms with Crippen molar-refractivity contribution in [2.75, 3.05) is 11.9 Å². The van der Waals surface area contributed by atoms with Crippen molar-refractivity contribution < 1.29 is 14.3 Å². The second-order valence-corrected chi connectivity index (χ2v) is 8.08. The van der Waals surface area contributed by atoms with Crippen LogP contribution in [0.25, 0.3) is 10.9 Å². The first kappa shape index (κ1) is 20.7. The fraction of sp³-hybridized carbons (Fsp3) is 0.375. The topological polar surface area (TPSA) is 99.9 Å². The van der Waals surface area contributed by atoms with E-state index in [9.17, 15) is 14.9 Å². The molecule has 2 heterocycles. The molecule has 7 nitrogen and oxygen atoms in total. The molecule has 2 N–H and O–H groups in total. The number of aromatic amines is 1. The van der Waals surface area contributed by atoms with E-state index >= 15 is 0 Å². The molecule has 0 bridgehead atoms. The van der Waals surface area contributed by atoms with Gasteiger partial charge in [-0.15, -0.1) is 0 Å². The van der Waals surface area contributed by atoms with E-state index < -0.39 is 18.5 Å². The zero-order chi connectivity index (χ0) is 22.0. The molecule has 7 heteroatoms. The molecule has 1 saturated carbocycles. The van der Waals surface area contributed by atoms with Gasteiger partial charge >= 0.3 is 5.97 Å². The van der Waals surface area contributed by atoms with E-state index in [0.717, 1.165) is 47.8 Å². The molecule has 0 aliphatic heterocycles. The largest absolute Gasteiger partial charge is 0.452 e. The highest BCUT2D eigenvalue weighted by atomic mass is 16.5. The average Bonchev–Trinajstić information content (AvgIpc) is 3.32. The Balaban J connectivity index is 1.50. The number of H-pyrrole nitrogens is 1.